The van der Waals surface area contributed by atoms with E-state index in [2.05, 4.69) is 26.2 Å². The molecular formula is C17H11BrN2O3S. The van der Waals surface area contributed by atoms with E-state index in [1.165, 1.54) is 11.8 Å². The van der Waals surface area contributed by atoms with Gasteiger partial charge in [-0.25, -0.2) is 4.99 Å². The molecule has 2 heterocycles. The number of fused-ring (bicyclic) bond motifs is 1. The minimum atomic E-state index is -0.167. The number of thioether (sulfide) groups is 1. The zero-order valence-corrected chi connectivity index (χ0v) is 14.7. The highest BCUT2D eigenvalue weighted by Crippen LogP contribution is 2.39. The Bertz CT molecular complexity index is 881. The van der Waals surface area contributed by atoms with Gasteiger partial charge in [0.05, 0.1) is 10.6 Å². The van der Waals surface area contributed by atoms with Gasteiger partial charge in [-0.05, 0) is 47.7 Å². The van der Waals surface area contributed by atoms with Gasteiger partial charge in [-0.1, -0.05) is 34.1 Å². The fraction of sp³-hybridized carbons (Fsp3) is 0.0588. The van der Waals surface area contributed by atoms with Gasteiger partial charge in [-0.3, -0.25) is 4.79 Å². The third-order valence-corrected chi connectivity index (χ3v) is 5.01. The zero-order chi connectivity index (χ0) is 16.5. The smallest absolute Gasteiger partial charge is 0.264 e. The van der Waals surface area contributed by atoms with Crippen LogP contribution in [0, 0.1) is 0 Å². The molecule has 0 aliphatic carbocycles. The molecule has 0 bridgehead atoms. The molecule has 24 heavy (non-hydrogen) atoms. The van der Waals surface area contributed by atoms with E-state index in [4.69, 9.17) is 9.47 Å². The number of amides is 1. The number of benzene rings is 2. The highest BCUT2D eigenvalue weighted by molar-refractivity contribution is 9.10. The predicted molar refractivity (Wildman–Crippen MR) is 97.5 cm³/mol. The monoisotopic (exact) mass is 402 g/mol. The second kappa shape index (κ2) is 6.33. The number of aliphatic imine (C=N–C) groups is 1. The number of hydrogen-bond donors (Lipinski definition) is 1. The maximum atomic E-state index is 12.2. The van der Waals surface area contributed by atoms with E-state index >= 15 is 0 Å². The summed E-state index contributed by atoms with van der Waals surface area (Å²) >= 11 is 4.80. The van der Waals surface area contributed by atoms with E-state index < -0.39 is 0 Å². The normalized spacial score (nSPS) is 19.1. The van der Waals surface area contributed by atoms with E-state index in [0.717, 1.165) is 15.7 Å². The number of carbonyl (C=O) groups excluding carboxylic acids is 1. The van der Waals surface area contributed by atoms with Crippen LogP contribution >= 0.6 is 27.7 Å². The Hall–Kier alpha value is -2.25. The minimum Gasteiger partial charge on any atom is -0.454 e. The molecule has 0 saturated carbocycles. The first kappa shape index (κ1) is 15.3. The Kier molecular flexibility index (Phi) is 4.03. The molecule has 0 spiro atoms. The molecule has 0 unspecified atom stereocenters. The number of hydrogen-bond acceptors (Lipinski definition) is 5. The lowest BCUT2D eigenvalue weighted by Gasteiger charge is -2.02. The Morgan fingerprint density at radius 2 is 1.92 bits per heavy atom. The van der Waals surface area contributed by atoms with Gasteiger partial charge in [0.1, 0.15) is 0 Å². The van der Waals surface area contributed by atoms with Crippen LogP contribution in [0.2, 0.25) is 0 Å². The second-order valence-electron chi connectivity index (χ2n) is 5.04. The van der Waals surface area contributed by atoms with Crippen LogP contribution in [0.1, 0.15) is 5.56 Å². The third kappa shape index (κ3) is 3.05. The molecule has 0 aromatic heterocycles. The summed E-state index contributed by atoms with van der Waals surface area (Å²) in [5.74, 6) is 1.20. The summed E-state index contributed by atoms with van der Waals surface area (Å²) in [5, 5.41) is 3.34. The lowest BCUT2D eigenvalue weighted by Crippen LogP contribution is -2.19. The number of nitrogens with zero attached hydrogens (tertiary/aromatic N) is 1. The van der Waals surface area contributed by atoms with Crippen molar-refractivity contribution in [1.82, 2.24) is 5.32 Å². The summed E-state index contributed by atoms with van der Waals surface area (Å²) in [6.45, 7) is 0.213. The van der Waals surface area contributed by atoms with Gasteiger partial charge in [-0.15, -0.1) is 0 Å². The topological polar surface area (TPSA) is 59.9 Å². The first-order chi connectivity index (χ1) is 11.7. The molecule has 1 fully saturated rings. The molecule has 2 aliphatic heterocycles. The summed E-state index contributed by atoms with van der Waals surface area (Å²) in [6, 6.07) is 13.2. The van der Waals surface area contributed by atoms with E-state index in [9.17, 15) is 4.79 Å². The molecule has 2 aromatic rings. The first-order valence-electron chi connectivity index (χ1n) is 7.13. The van der Waals surface area contributed by atoms with Crippen LogP contribution < -0.4 is 14.8 Å². The van der Waals surface area contributed by atoms with Crippen LogP contribution in [0.5, 0.6) is 11.5 Å². The van der Waals surface area contributed by atoms with Crippen molar-refractivity contribution in [3.63, 3.8) is 0 Å². The summed E-state index contributed by atoms with van der Waals surface area (Å²) in [5.41, 5.74) is 1.64. The summed E-state index contributed by atoms with van der Waals surface area (Å²) in [4.78, 5) is 17.2. The van der Waals surface area contributed by atoms with Gasteiger partial charge in [0.15, 0.2) is 16.7 Å². The van der Waals surface area contributed by atoms with Crippen LogP contribution in [0.4, 0.5) is 5.69 Å². The summed E-state index contributed by atoms with van der Waals surface area (Å²) in [6.07, 6.45) is 1.81. The third-order valence-electron chi connectivity index (χ3n) is 3.42. The molecule has 2 aliphatic rings. The number of halogens is 1. The molecule has 1 N–H and O–H groups in total. The highest BCUT2D eigenvalue weighted by Gasteiger charge is 2.25. The van der Waals surface area contributed by atoms with Crippen LogP contribution in [0.25, 0.3) is 6.08 Å². The molecule has 0 atom stereocenters. The van der Waals surface area contributed by atoms with E-state index in [1.54, 1.807) is 6.08 Å². The zero-order valence-electron chi connectivity index (χ0n) is 12.3. The van der Waals surface area contributed by atoms with Crippen LogP contribution in [-0.2, 0) is 4.79 Å². The van der Waals surface area contributed by atoms with E-state index in [1.807, 2.05) is 42.5 Å². The number of amidine groups is 1. The van der Waals surface area contributed by atoms with Crippen molar-refractivity contribution in [3.05, 3.63) is 57.4 Å². The summed E-state index contributed by atoms with van der Waals surface area (Å²) < 4.78 is 11.5. The number of ether oxygens (including phenoxy) is 2. The molecule has 120 valence electrons. The predicted octanol–water partition coefficient (Wildman–Crippen LogP) is 4.07. The van der Waals surface area contributed by atoms with Crippen molar-refractivity contribution >= 4 is 50.5 Å². The first-order valence-corrected chi connectivity index (χ1v) is 8.74. The Balaban J connectivity index is 1.62. The number of rotatable bonds is 2. The van der Waals surface area contributed by atoms with Crippen molar-refractivity contribution in [2.24, 2.45) is 4.99 Å². The highest BCUT2D eigenvalue weighted by atomic mass is 79.9. The molecule has 5 nitrogen and oxygen atoms in total. The molecule has 1 amide bonds. The molecular weight excluding hydrogens is 392 g/mol. The van der Waals surface area contributed by atoms with Gasteiger partial charge >= 0.3 is 0 Å². The summed E-state index contributed by atoms with van der Waals surface area (Å²) in [7, 11) is 0. The molecule has 0 radical (unpaired) electrons. The maximum absolute atomic E-state index is 12.2. The van der Waals surface area contributed by atoms with Crippen molar-refractivity contribution in [1.29, 1.82) is 0 Å². The van der Waals surface area contributed by atoms with Gasteiger partial charge in [0.2, 0.25) is 6.79 Å². The number of nitrogens with one attached hydrogen (secondary N) is 1. The molecule has 4 rings (SSSR count). The quantitative estimate of drug-likeness (QED) is 0.769. The average Bonchev–Trinajstić information content (AvgIpc) is 3.15. The Morgan fingerprint density at radius 3 is 2.71 bits per heavy atom. The fourth-order valence-corrected chi connectivity index (χ4v) is 3.55. The van der Waals surface area contributed by atoms with Crippen LogP contribution in [0.3, 0.4) is 0 Å². The van der Waals surface area contributed by atoms with Crippen molar-refractivity contribution < 1.29 is 14.3 Å². The van der Waals surface area contributed by atoms with Crippen LogP contribution in [-0.4, -0.2) is 17.9 Å². The standard InChI is InChI=1S/C17H11BrN2O3S/c18-12-8-14-13(22-9-23-14)6-10(12)7-15-16(21)20-17(24-15)19-11-4-2-1-3-5-11/h1-8H,9H2,(H,19,20,21). The van der Waals surface area contributed by atoms with Crippen molar-refractivity contribution in [2.75, 3.05) is 6.79 Å². The Morgan fingerprint density at radius 1 is 1.17 bits per heavy atom. The maximum Gasteiger partial charge on any atom is 0.264 e. The van der Waals surface area contributed by atoms with Gasteiger partial charge < -0.3 is 14.8 Å². The average molecular weight is 403 g/mol. The Labute approximate surface area is 150 Å². The largest absolute Gasteiger partial charge is 0.454 e. The van der Waals surface area contributed by atoms with E-state index in [0.29, 0.717) is 21.6 Å². The van der Waals surface area contributed by atoms with E-state index in [-0.39, 0.29) is 12.7 Å². The number of para-hydroxylation sites is 1. The van der Waals surface area contributed by atoms with Gasteiger partial charge in [0.25, 0.3) is 5.91 Å². The second-order valence-corrected chi connectivity index (χ2v) is 6.93. The van der Waals surface area contributed by atoms with Gasteiger partial charge in [0, 0.05) is 4.47 Å². The van der Waals surface area contributed by atoms with Crippen molar-refractivity contribution in [3.8, 4) is 11.5 Å². The fourth-order valence-electron chi connectivity index (χ4n) is 2.29. The molecule has 1 saturated heterocycles. The van der Waals surface area contributed by atoms with Crippen LogP contribution in [0.15, 0.2) is 56.8 Å². The number of carbonyl (C=O) groups is 1. The van der Waals surface area contributed by atoms with Gasteiger partial charge in [-0.2, -0.15) is 0 Å². The minimum absolute atomic E-state index is 0.167. The lowest BCUT2D eigenvalue weighted by atomic mass is 10.2. The lowest BCUT2D eigenvalue weighted by molar-refractivity contribution is -0.115. The SMILES string of the molecule is O=C1NC(=Nc2ccccc2)SC1=Cc1cc2c(cc1Br)OCO2. The molecule has 2 aromatic carbocycles. The molecule has 7 heteroatoms. The van der Waals surface area contributed by atoms with Crippen molar-refractivity contribution in [2.45, 2.75) is 0 Å².